The SMILES string of the molecule is CCNC(=NCc1nc(-c2ccc(OC)cc2)n[nH]1)NCc1ncc(CC)s1. The number of nitrogens with one attached hydrogen (secondary N) is 3. The second-order valence-corrected chi connectivity index (χ2v) is 7.16. The third-order valence-corrected chi connectivity index (χ3v) is 5.11. The lowest BCUT2D eigenvalue weighted by Gasteiger charge is -2.09. The summed E-state index contributed by atoms with van der Waals surface area (Å²) in [5.74, 6) is 2.86. The molecule has 1 aromatic carbocycles. The molecule has 0 unspecified atom stereocenters. The Hall–Kier alpha value is -2.94. The maximum atomic E-state index is 5.18. The number of thiazole rings is 1. The van der Waals surface area contributed by atoms with Gasteiger partial charge in [0.05, 0.1) is 13.7 Å². The smallest absolute Gasteiger partial charge is 0.192 e. The monoisotopic (exact) mass is 399 g/mol. The third kappa shape index (κ3) is 5.29. The summed E-state index contributed by atoms with van der Waals surface area (Å²) < 4.78 is 5.18. The number of hydrogen-bond acceptors (Lipinski definition) is 6. The van der Waals surface area contributed by atoms with Gasteiger partial charge in [0.15, 0.2) is 11.8 Å². The number of aromatic nitrogens is 4. The number of nitrogens with zero attached hydrogens (tertiary/aromatic N) is 4. The molecular weight excluding hydrogens is 374 g/mol. The van der Waals surface area contributed by atoms with E-state index in [1.54, 1.807) is 18.4 Å². The molecule has 0 spiro atoms. The quantitative estimate of drug-likeness (QED) is 0.398. The Morgan fingerprint density at radius 1 is 1.21 bits per heavy atom. The second kappa shape index (κ2) is 9.84. The Morgan fingerprint density at radius 2 is 2.04 bits per heavy atom. The molecule has 0 saturated carbocycles. The van der Waals surface area contributed by atoms with Crippen molar-refractivity contribution < 1.29 is 4.74 Å². The first kappa shape index (κ1) is 19.8. The average molecular weight is 400 g/mol. The van der Waals surface area contributed by atoms with Crippen LogP contribution in [0.5, 0.6) is 5.75 Å². The first-order chi connectivity index (χ1) is 13.7. The van der Waals surface area contributed by atoms with Crippen molar-refractivity contribution in [2.45, 2.75) is 33.4 Å². The molecule has 0 aliphatic heterocycles. The summed E-state index contributed by atoms with van der Waals surface area (Å²) in [5, 5.41) is 14.8. The number of ether oxygens (including phenoxy) is 1. The molecule has 0 bridgehead atoms. The number of aliphatic imine (C=N–C) groups is 1. The molecule has 9 heteroatoms. The highest BCUT2D eigenvalue weighted by molar-refractivity contribution is 7.11. The normalized spacial score (nSPS) is 11.5. The summed E-state index contributed by atoms with van der Waals surface area (Å²) in [4.78, 5) is 14.8. The van der Waals surface area contributed by atoms with Gasteiger partial charge >= 0.3 is 0 Å². The lowest BCUT2D eigenvalue weighted by molar-refractivity contribution is 0.415. The van der Waals surface area contributed by atoms with Crippen molar-refractivity contribution in [3.05, 3.63) is 46.2 Å². The predicted octanol–water partition coefficient (Wildman–Crippen LogP) is 2.75. The fourth-order valence-corrected chi connectivity index (χ4v) is 3.29. The molecule has 3 rings (SSSR count). The van der Waals surface area contributed by atoms with E-state index in [9.17, 15) is 0 Å². The summed E-state index contributed by atoms with van der Waals surface area (Å²) >= 11 is 1.72. The lowest BCUT2D eigenvalue weighted by Crippen LogP contribution is -2.36. The van der Waals surface area contributed by atoms with Crippen LogP contribution in [-0.2, 0) is 19.5 Å². The number of guanidine groups is 1. The van der Waals surface area contributed by atoms with E-state index in [2.05, 4.69) is 42.7 Å². The van der Waals surface area contributed by atoms with Gasteiger partial charge in [-0.2, -0.15) is 5.10 Å². The van der Waals surface area contributed by atoms with Crippen LogP contribution in [0.3, 0.4) is 0 Å². The van der Waals surface area contributed by atoms with Crippen LogP contribution in [0.2, 0.25) is 0 Å². The first-order valence-electron chi connectivity index (χ1n) is 9.23. The number of rotatable bonds is 8. The van der Waals surface area contributed by atoms with Gasteiger partial charge in [-0.05, 0) is 37.6 Å². The van der Waals surface area contributed by atoms with Crippen molar-refractivity contribution in [3.63, 3.8) is 0 Å². The van der Waals surface area contributed by atoms with Gasteiger partial charge in [0.1, 0.15) is 23.1 Å². The number of aromatic amines is 1. The van der Waals surface area contributed by atoms with Crippen molar-refractivity contribution in [1.82, 2.24) is 30.8 Å². The van der Waals surface area contributed by atoms with Crippen LogP contribution < -0.4 is 15.4 Å². The molecule has 0 atom stereocenters. The molecule has 2 heterocycles. The molecule has 3 N–H and O–H groups in total. The van der Waals surface area contributed by atoms with E-state index in [0.29, 0.717) is 24.7 Å². The van der Waals surface area contributed by atoms with E-state index in [1.807, 2.05) is 37.4 Å². The minimum atomic E-state index is 0.399. The van der Waals surface area contributed by atoms with E-state index in [4.69, 9.17) is 4.74 Å². The highest BCUT2D eigenvalue weighted by Gasteiger charge is 2.07. The maximum absolute atomic E-state index is 5.18. The van der Waals surface area contributed by atoms with Crippen LogP contribution in [0.4, 0.5) is 0 Å². The minimum Gasteiger partial charge on any atom is -0.497 e. The summed E-state index contributed by atoms with van der Waals surface area (Å²) in [6, 6.07) is 7.64. The average Bonchev–Trinajstić information content (AvgIpc) is 3.39. The molecular formula is C19H25N7OS. The summed E-state index contributed by atoms with van der Waals surface area (Å²) in [7, 11) is 1.64. The van der Waals surface area contributed by atoms with E-state index < -0.39 is 0 Å². The van der Waals surface area contributed by atoms with Crippen molar-refractivity contribution in [2.75, 3.05) is 13.7 Å². The molecule has 148 valence electrons. The number of H-pyrrole nitrogens is 1. The molecule has 2 aromatic heterocycles. The van der Waals surface area contributed by atoms with Crippen LogP contribution in [0.1, 0.15) is 29.6 Å². The van der Waals surface area contributed by atoms with E-state index in [0.717, 1.165) is 35.2 Å². The van der Waals surface area contributed by atoms with Gasteiger partial charge in [-0.25, -0.2) is 15.0 Å². The Bertz CT molecular complexity index is 901. The van der Waals surface area contributed by atoms with Gasteiger partial charge in [-0.1, -0.05) is 6.92 Å². The number of aryl methyl sites for hydroxylation is 1. The number of hydrogen-bond donors (Lipinski definition) is 3. The molecule has 3 aromatic rings. The maximum Gasteiger partial charge on any atom is 0.192 e. The fourth-order valence-electron chi connectivity index (χ4n) is 2.48. The van der Waals surface area contributed by atoms with Crippen LogP contribution in [-0.4, -0.2) is 39.8 Å². The second-order valence-electron chi connectivity index (χ2n) is 5.96. The molecule has 0 amide bonds. The topological polar surface area (TPSA) is 100 Å². The van der Waals surface area contributed by atoms with Gasteiger partial charge in [0, 0.05) is 23.2 Å². The Morgan fingerprint density at radius 3 is 2.71 bits per heavy atom. The van der Waals surface area contributed by atoms with Gasteiger partial charge in [-0.15, -0.1) is 11.3 Å². The molecule has 0 radical (unpaired) electrons. The van der Waals surface area contributed by atoms with Crippen molar-refractivity contribution in [1.29, 1.82) is 0 Å². The van der Waals surface area contributed by atoms with Crippen molar-refractivity contribution in [2.24, 2.45) is 4.99 Å². The van der Waals surface area contributed by atoms with Gasteiger partial charge in [-0.3, -0.25) is 5.10 Å². The van der Waals surface area contributed by atoms with Crippen LogP contribution >= 0.6 is 11.3 Å². The first-order valence-corrected chi connectivity index (χ1v) is 10.0. The predicted molar refractivity (Wildman–Crippen MR) is 112 cm³/mol. The van der Waals surface area contributed by atoms with Gasteiger partial charge in [0.2, 0.25) is 0 Å². The molecule has 28 heavy (non-hydrogen) atoms. The fraction of sp³-hybridized carbons (Fsp3) is 0.368. The molecule has 0 aliphatic rings. The molecule has 0 saturated heterocycles. The van der Waals surface area contributed by atoms with E-state index in [-0.39, 0.29) is 0 Å². The molecule has 8 nitrogen and oxygen atoms in total. The van der Waals surface area contributed by atoms with Crippen LogP contribution in [0.25, 0.3) is 11.4 Å². The summed E-state index contributed by atoms with van der Waals surface area (Å²) in [6.07, 6.45) is 2.94. The number of methoxy groups -OCH3 is 1. The largest absolute Gasteiger partial charge is 0.497 e. The summed E-state index contributed by atoms with van der Waals surface area (Å²) in [5.41, 5.74) is 0.924. The Kier molecular flexibility index (Phi) is 6.96. The zero-order chi connectivity index (χ0) is 19.8. The van der Waals surface area contributed by atoms with Crippen molar-refractivity contribution >= 4 is 17.3 Å². The highest BCUT2D eigenvalue weighted by Crippen LogP contribution is 2.19. The van der Waals surface area contributed by atoms with Crippen molar-refractivity contribution in [3.8, 4) is 17.1 Å². The van der Waals surface area contributed by atoms with Crippen LogP contribution in [0.15, 0.2) is 35.5 Å². The van der Waals surface area contributed by atoms with Gasteiger partial charge < -0.3 is 15.4 Å². The zero-order valence-corrected chi connectivity index (χ0v) is 17.1. The third-order valence-electron chi connectivity index (χ3n) is 3.97. The standard InChI is InChI=1S/C19H25N7OS/c1-4-15-10-21-17(28-15)12-23-19(20-5-2)22-11-16-24-18(26-25-16)13-6-8-14(27-3)9-7-13/h6-10H,4-5,11-12H2,1-3H3,(H2,20,22,23)(H,24,25,26). The van der Waals surface area contributed by atoms with E-state index >= 15 is 0 Å². The Balaban J connectivity index is 1.61. The Labute approximate surface area is 168 Å². The van der Waals surface area contributed by atoms with Crippen LogP contribution in [0, 0.1) is 0 Å². The highest BCUT2D eigenvalue weighted by atomic mass is 32.1. The molecule has 0 aliphatic carbocycles. The molecule has 0 fully saturated rings. The number of benzene rings is 1. The lowest BCUT2D eigenvalue weighted by atomic mass is 10.2. The zero-order valence-electron chi connectivity index (χ0n) is 16.3. The van der Waals surface area contributed by atoms with Gasteiger partial charge in [0.25, 0.3) is 0 Å². The summed E-state index contributed by atoms with van der Waals surface area (Å²) in [6.45, 7) is 5.98. The van der Waals surface area contributed by atoms with E-state index in [1.165, 1.54) is 4.88 Å². The minimum absolute atomic E-state index is 0.399.